The quantitative estimate of drug-likeness (QED) is 0.612. The Morgan fingerprint density at radius 1 is 1.09 bits per heavy atom. The van der Waals surface area contributed by atoms with Crippen molar-refractivity contribution in [3.05, 3.63) is 0 Å². The highest BCUT2D eigenvalue weighted by atomic mass is 14.9. The van der Waals surface area contributed by atoms with Crippen LogP contribution in [0.1, 0.15) is 33.6 Å². The van der Waals surface area contributed by atoms with Crippen LogP contribution in [-0.4, -0.2) is 13.1 Å². The molecule has 0 heterocycles. The van der Waals surface area contributed by atoms with E-state index in [1.165, 1.54) is 12.8 Å². The average Bonchev–Trinajstić information content (AvgIpc) is 1.96. The van der Waals surface area contributed by atoms with Crippen molar-refractivity contribution in [2.24, 2.45) is 17.8 Å². The molecule has 0 aromatic heterocycles. The lowest BCUT2D eigenvalue weighted by molar-refractivity contribution is 0.169. The largest absolute Gasteiger partial charge is 0.317 e. The maximum Gasteiger partial charge on any atom is 0.00947 e. The molecular weight excluding hydrogens is 134 g/mol. The molecule has 1 aliphatic carbocycles. The van der Waals surface area contributed by atoms with Gasteiger partial charge < -0.3 is 5.32 Å². The van der Waals surface area contributed by atoms with Crippen LogP contribution in [0.5, 0.6) is 0 Å². The van der Waals surface area contributed by atoms with Crippen LogP contribution in [0.2, 0.25) is 0 Å². The Labute approximate surface area is 70.6 Å². The van der Waals surface area contributed by atoms with Crippen LogP contribution in [0.4, 0.5) is 0 Å². The molecule has 1 heteroatoms. The first-order chi connectivity index (χ1) is 5.15. The fourth-order valence-electron chi connectivity index (χ4n) is 2.37. The first kappa shape index (κ1) is 9.05. The summed E-state index contributed by atoms with van der Waals surface area (Å²) in [5.74, 6) is 2.67. The van der Waals surface area contributed by atoms with Crippen molar-refractivity contribution < 1.29 is 0 Å². The maximum atomic E-state index is 3.41. The molecule has 0 aromatic rings. The third-order valence-corrected chi connectivity index (χ3v) is 3.33. The van der Waals surface area contributed by atoms with Crippen molar-refractivity contribution in [1.29, 1.82) is 0 Å². The smallest absolute Gasteiger partial charge is 0.00947 e. The highest BCUT2D eigenvalue weighted by molar-refractivity contribution is 4.83. The second-order valence-electron chi connectivity index (χ2n) is 4.31. The summed E-state index contributed by atoms with van der Waals surface area (Å²) >= 11 is 0. The number of rotatable bonds is 1. The van der Waals surface area contributed by atoms with Gasteiger partial charge in [-0.05, 0) is 37.6 Å². The molecule has 66 valence electrons. The lowest BCUT2D eigenvalue weighted by atomic mass is 9.73. The van der Waals surface area contributed by atoms with Gasteiger partial charge in [-0.25, -0.2) is 0 Å². The molecule has 1 rings (SSSR count). The molecule has 0 spiro atoms. The van der Waals surface area contributed by atoms with E-state index in [2.05, 4.69) is 33.1 Å². The molecule has 0 amide bonds. The molecule has 1 N–H and O–H groups in total. The molecule has 1 nitrogen and oxygen atoms in total. The van der Waals surface area contributed by atoms with Gasteiger partial charge in [0.15, 0.2) is 0 Å². The van der Waals surface area contributed by atoms with Crippen LogP contribution >= 0.6 is 0 Å². The SMILES string of the molecule is CNC1CC(C)CC(C)[C@@H]1C. The lowest BCUT2D eigenvalue weighted by Crippen LogP contribution is -2.41. The van der Waals surface area contributed by atoms with Crippen LogP contribution in [0.3, 0.4) is 0 Å². The van der Waals surface area contributed by atoms with Gasteiger partial charge in [-0.15, -0.1) is 0 Å². The topological polar surface area (TPSA) is 12.0 Å². The van der Waals surface area contributed by atoms with Gasteiger partial charge in [-0.2, -0.15) is 0 Å². The van der Waals surface area contributed by atoms with Gasteiger partial charge in [0, 0.05) is 6.04 Å². The van der Waals surface area contributed by atoms with Gasteiger partial charge in [0.25, 0.3) is 0 Å². The first-order valence-corrected chi connectivity index (χ1v) is 4.82. The first-order valence-electron chi connectivity index (χ1n) is 4.82. The molecule has 1 saturated carbocycles. The third kappa shape index (κ3) is 1.96. The minimum absolute atomic E-state index is 0.758. The molecule has 3 unspecified atom stereocenters. The number of hydrogen-bond acceptors (Lipinski definition) is 1. The molecular formula is C10H21N. The van der Waals surface area contributed by atoms with E-state index < -0.39 is 0 Å². The Balaban J connectivity index is 2.51. The van der Waals surface area contributed by atoms with Crippen molar-refractivity contribution in [1.82, 2.24) is 5.32 Å². The summed E-state index contributed by atoms with van der Waals surface area (Å²) in [5, 5.41) is 3.41. The monoisotopic (exact) mass is 155 g/mol. The second kappa shape index (κ2) is 3.57. The van der Waals surface area contributed by atoms with Gasteiger partial charge in [-0.3, -0.25) is 0 Å². The van der Waals surface area contributed by atoms with Gasteiger partial charge in [0.05, 0.1) is 0 Å². The van der Waals surface area contributed by atoms with E-state index in [0.717, 1.165) is 23.8 Å². The van der Waals surface area contributed by atoms with Crippen LogP contribution in [0.15, 0.2) is 0 Å². The molecule has 0 aliphatic heterocycles. The molecule has 11 heavy (non-hydrogen) atoms. The lowest BCUT2D eigenvalue weighted by Gasteiger charge is -2.37. The fourth-order valence-corrected chi connectivity index (χ4v) is 2.37. The summed E-state index contributed by atoms with van der Waals surface area (Å²) in [4.78, 5) is 0. The summed E-state index contributed by atoms with van der Waals surface area (Å²) in [7, 11) is 2.09. The summed E-state index contributed by atoms with van der Waals surface area (Å²) in [6.45, 7) is 7.12. The summed E-state index contributed by atoms with van der Waals surface area (Å²) in [5.41, 5.74) is 0. The normalized spacial score (nSPS) is 45.8. The van der Waals surface area contributed by atoms with Gasteiger partial charge in [0.1, 0.15) is 0 Å². The van der Waals surface area contributed by atoms with Gasteiger partial charge in [-0.1, -0.05) is 20.8 Å². The Hall–Kier alpha value is -0.0400. The Bertz CT molecular complexity index is 122. The zero-order valence-electron chi connectivity index (χ0n) is 8.22. The molecule has 0 radical (unpaired) electrons. The van der Waals surface area contributed by atoms with Crippen molar-refractivity contribution in [2.75, 3.05) is 7.05 Å². The summed E-state index contributed by atoms with van der Waals surface area (Å²) < 4.78 is 0. The minimum atomic E-state index is 0.758. The summed E-state index contributed by atoms with van der Waals surface area (Å²) in [6.07, 6.45) is 2.78. The highest BCUT2D eigenvalue weighted by Gasteiger charge is 2.29. The van der Waals surface area contributed by atoms with E-state index in [0.29, 0.717) is 0 Å². The third-order valence-electron chi connectivity index (χ3n) is 3.33. The fraction of sp³-hybridized carbons (Fsp3) is 1.00. The van der Waals surface area contributed by atoms with E-state index in [4.69, 9.17) is 0 Å². The van der Waals surface area contributed by atoms with Crippen LogP contribution < -0.4 is 5.32 Å². The molecule has 4 atom stereocenters. The van der Waals surface area contributed by atoms with Crippen molar-refractivity contribution in [3.8, 4) is 0 Å². The predicted octanol–water partition coefficient (Wildman–Crippen LogP) is 2.28. The molecule has 1 fully saturated rings. The van der Waals surface area contributed by atoms with Gasteiger partial charge in [0.2, 0.25) is 0 Å². The van der Waals surface area contributed by atoms with Crippen LogP contribution in [0, 0.1) is 17.8 Å². The predicted molar refractivity (Wildman–Crippen MR) is 49.6 cm³/mol. The Kier molecular flexibility index (Phi) is 2.94. The van der Waals surface area contributed by atoms with Crippen LogP contribution in [0.25, 0.3) is 0 Å². The van der Waals surface area contributed by atoms with E-state index in [1.807, 2.05) is 0 Å². The zero-order chi connectivity index (χ0) is 8.43. The van der Waals surface area contributed by atoms with E-state index in [-0.39, 0.29) is 0 Å². The summed E-state index contributed by atoms with van der Waals surface area (Å²) in [6, 6.07) is 0.758. The van der Waals surface area contributed by atoms with Crippen molar-refractivity contribution in [2.45, 2.75) is 39.7 Å². The molecule has 0 aromatic carbocycles. The Morgan fingerprint density at radius 2 is 1.73 bits per heavy atom. The maximum absolute atomic E-state index is 3.41. The molecule has 0 bridgehead atoms. The molecule has 1 aliphatic rings. The second-order valence-corrected chi connectivity index (χ2v) is 4.31. The highest BCUT2D eigenvalue weighted by Crippen LogP contribution is 2.32. The standard InChI is InChI=1S/C10H21N/c1-7-5-8(2)9(3)10(6-7)11-4/h7-11H,5-6H2,1-4H3/t7?,8?,9-,10?/m0/s1. The van der Waals surface area contributed by atoms with Gasteiger partial charge >= 0.3 is 0 Å². The van der Waals surface area contributed by atoms with Crippen molar-refractivity contribution in [3.63, 3.8) is 0 Å². The number of nitrogens with one attached hydrogen (secondary N) is 1. The van der Waals surface area contributed by atoms with E-state index in [9.17, 15) is 0 Å². The minimum Gasteiger partial charge on any atom is -0.317 e. The van der Waals surface area contributed by atoms with Crippen LogP contribution in [-0.2, 0) is 0 Å². The average molecular weight is 155 g/mol. The Morgan fingerprint density at radius 3 is 2.27 bits per heavy atom. The zero-order valence-corrected chi connectivity index (χ0v) is 8.22. The molecule has 0 saturated heterocycles. The van der Waals surface area contributed by atoms with E-state index in [1.54, 1.807) is 0 Å². The van der Waals surface area contributed by atoms with E-state index >= 15 is 0 Å². The van der Waals surface area contributed by atoms with Crippen molar-refractivity contribution >= 4 is 0 Å². The number of hydrogen-bond donors (Lipinski definition) is 1.